The van der Waals surface area contributed by atoms with Crippen molar-refractivity contribution in [1.29, 1.82) is 0 Å². The van der Waals surface area contributed by atoms with Crippen LogP contribution in [0.15, 0.2) is 77.0 Å². The molecule has 0 atom stereocenters. The fraction of sp³-hybridized carbons (Fsp3) is 0. The molecule has 0 aliphatic rings. The van der Waals surface area contributed by atoms with Crippen LogP contribution in [0.4, 0.5) is 0 Å². The van der Waals surface area contributed by atoms with Crippen LogP contribution >= 0.6 is 11.8 Å². The topological polar surface area (TPSA) is 47.9 Å². The van der Waals surface area contributed by atoms with E-state index in [1.165, 1.54) is 0 Å². The zero-order chi connectivity index (χ0) is 13.6. The molecule has 0 amide bonds. The Bertz CT molecular complexity index is 616. The van der Waals surface area contributed by atoms with E-state index >= 15 is 0 Å². The molecule has 4 nitrogen and oxygen atoms in total. The molecule has 0 aliphatic heterocycles. The molecular weight excluding hydrogens is 270 g/mol. The van der Waals surface area contributed by atoms with E-state index in [2.05, 4.69) is 15.0 Å². The van der Waals surface area contributed by atoms with E-state index in [0.29, 0.717) is 11.8 Å². The number of ether oxygens (including phenoxy) is 1. The molecule has 0 aliphatic carbocycles. The van der Waals surface area contributed by atoms with Gasteiger partial charge in [-0.15, -0.1) is 0 Å². The second kappa shape index (κ2) is 6.16. The predicted octanol–water partition coefficient (Wildman–Crippen LogP) is 3.82. The number of hydrogen-bond donors (Lipinski definition) is 0. The van der Waals surface area contributed by atoms with Gasteiger partial charge in [0.1, 0.15) is 10.8 Å². The summed E-state index contributed by atoms with van der Waals surface area (Å²) in [6, 6.07) is 15.6. The van der Waals surface area contributed by atoms with Gasteiger partial charge < -0.3 is 4.74 Å². The standard InChI is InChI=1S/C15H11N3OS/c1-2-7-13(20-14-8-3-4-9-16-14)12(6-1)19-15-17-10-5-11-18-15/h1-11H. The molecule has 20 heavy (non-hydrogen) atoms. The van der Waals surface area contributed by atoms with Crippen molar-refractivity contribution < 1.29 is 4.74 Å². The maximum absolute atomic E-state index is 5.71. The third-order valence-corrected chi connectivity index (χ3v) is 3.45. The summed E-state index contributed by atoms with van der Waals surface area (Å²) in [6.45, 7) is 0. The van der Waals surface area contributed by atoms with Crippen LogP contribution < -0.4 is 4.74 Å². The number of aromatic nitrogens is 3. The van der Waals surface area contributed by atoms with Gasteiger partial charge in [0, 0.05) is 18.6 Å². The minimum atomic E-state index is 0.335. The van der Waals surface area contributed by atoms with E-state index < -0.39 is 0 Å². The molecule has 2 heterocycles. The predicted molar refractivity (Wildman–Crippen MR) is 76.9 cm³/mol. The fourth-order valence-electron chi connectivity index (χ4n) is 1.58. The van der Waals surface area contributed by atoms with Gasteiger partial charge in [0.2, 0.25) is 0 Å². The molecule has 2 aromatic heterocycles. The largest absolute Gasteiger partial charge is 0.423 e. The number of para-hydroxylation sites is 1. The second-order valence-electron chi connectivity index (χ2n) is 3.85. The van der Waals surface area contributed by atoms with Crippen molar-refractivity contribution in [3.05, 3.63) is 67.1 Å². The molecule has 0 saturated carbocycles. The molecular formula is C15H11N3OS. The first-order chi connectivity index (χ1) is 9.92. The zero-order valence-electron chi connectivity index (χ0n) is 10.5. The summed E-state index contributed by atoms with van der Waals surface area (Å²) in [6.07, 6.45) is 5.07. The Hall–Kier alpha value is -2.40. The van der Waals surface area contributed by atoms with Crippen LogP contribution in [0, 0.1) is 0 Å². The fourth-order valence-corrected chi connectivity index (χ4v) is 2.42. The van der Waals surface area contributed by atoms with Crippen molar-refractivity contribution in [3.8, 4) is 11.8 Å². The number of nitrogens with zero attached hydrogens (tertiary/aromatic N) is 3. The molecule has 3 rings (SSSR count). The molecule has 0 unspecified atom stereocenters. The quantitative estimate of drug-likeness (QED) is 0.727. The van der Waals surface area contributed by atoms with Gasteiger partial charge in [0.15, 0.2) is 0 Å². The molecule has 98 valence electrons. The van der Waals surface area contributed by atoms with Gasteiger partial charge in [-0.2, -0.15) is 0 Å². The zero-order valence-corrected chi connectivity index (χ0v) is 11.3. The summed E-state index contributed by atoms with van der Waals surface area (Å²) >= 11 is 1.54. The van der Waals surface area contributed by atoms with Crippen molar-refractivity contribution in [3.63, 3.8) is 0 Å². The Kier molecular flexibility index (Phi) is 3.89. The molecule has 5 heteroatoms. The molecule has 3 aromatic rings. The highest BCUT2D eigenvalue weighted by Gasteiger charge is 2.07. The average Bonchev–Trinajstić information content (AvgIpc) is 2.51. The molecule has 0 radical (unpaired) electrons. The van der Waals surface area contributed by atoms with Crippen LogP contribution in [-0.2, 0) is 0 Å². The highest BCUT2D eigenvalue weighted by Crippen LogP contribution is 2.35. The van der Waals surface area contributed by atoms with Crippen LogP contribution in [0.5, 0.6) is 11.8 Å². The third-order valence-electron chi connectivity index (χ3n) is 2.44. The summed E-state index contributed by atoms with van der Waals surface area (Å²) in [5, 5.41) is 0.914. The van der Waals surface area contributed by atoms with E-state index in [1.807, 2.05) is 42.5 Å². The van der Waals surface area contributed by atoms with Gasteiger partial charge in [-0.3, -0.25) is 0 Å². The maximum Gasteiger partial charge on any atom is 0.321 e. The first-order valence-electron chi connectivity index (χ1n) is 6.04. The number of rotatable bonds is 4. The van der Waals surface area contributed by atoms with E-state index in [1.54, 1.807) is 36.4 Å². The van der Waals surface area contributed by atoms with Crippen molar-refractivity contribution >= 4 is 11.8 Å². The Morgan fingerprint density at radius 1 is 0.750 bits per heavy atom. The molecule has 0 saturated heterocycles. The van der Waals surface area contributed by atoms with Gasteiger partial charge in [0.25, 0.3) is 0 Å². The van der Waals surface area contributed by atoms with Crippen LogP contribution in [0.25, 0.3) is 0 Å². The minimum absolute atomic E-state index is 0.335. The summed E-state index contributed by atoms with van der Waals surface area (Å²) in [5.74, 6) is 0.717. The monoisotopic (exact) mass is 281 g/mol. The summed E-state index contributed by atoms with van der Waals surface area (Å²) < 4.78 is 5.71. The summed E-state index contributed by atoms with van der Waals surface area (Å²) in [4.78, 5) is 13.4. The van der Waals surface area contributed by atoms with Gasteiger partial charge in [-0.25, -0.2) is 15.0 Å². The lowest BCUT2D eigenvalue weighted by Gasteiger charge is -2.08. The van der Waals surface area contributed by atoms with Crippen molar-refractivity contribution in [2.45, 2.75) is 9.92 Å². The third kappa shape index (κ3) is 3.13. The Morgan fingerprint density at radius 3 is 2.30 bits per heavy atom. The van der Waals surface area contributed by atoms with E-state index in [9.17, 15) is 0 Å². The van der Waals surface area contributed by atoms with Gasteiger partial charge >= 0.3 is 6.01 Å². The van der Waals surface area contributed by atoms with E-state index in [-0.39, 0.29) is 0 Å². The van der Waals surface area contributed by atoms with Crippen LogP contribution in [-0.4, -0.2) is 15.0 Å². The van der Waals surface area contributed by atoms with E-state index in [4.69, 9.17) is 4.74 Å². The van der Waals surface area contributed by atoms with Crippen molar-refractivity contribution in [1.82, 2.24) is 15.0 Å². The minimum Gasteiger partial charge on any atom is -0.423 e. The Morgan fingerprint density at radius 2 is 1.50 bits per heavy atom. The van der Waals surface area contributed by atoms with Crippen molar-refractivity contribution in [2.24, 2.45) is 0 Å². The average molecular weight is 281 g/mol. The number of benzene rings is 1. The molecule has 0 bridgehead atoms. The number of pyridine rings is 1. The van der Waals surface area contributed by atoms with Gasteiger partial charge in [-0.1, -0.05) is 30.0 Å². The maximum atomic E-state index is 5.71. The summed E-state index contributed by atoms with van der Waals surface area (Å²) in [5.41, 5.74) is 0. The SMILES string of the molecule is c1ccc(Sc2ccccc2Oc2ncccn2)nc1. The van der Waals surface area contributed by atoms with Crippen molar-refractivity contribution in [2.75, 3.05) is 0 Å². The lowest BCUT2D eigenvalue weighted by molar-refractivity contribution is 0.432. The lowest BCUT2D eigenvalue weighted by atomic mass is 10.3. The molecule has 0 N–H and O–H groups in total. The highest BCUT2D eigenvalue weighted by atomic mass is 32.2. The Labute approximate surface area is 120 Å². The van der Waals surface area contributed by atoms with Gasteiger partial charge in [0.05, 0.1) is 4.90 Å². The van der Waals surface area contributed by atoms with Gasteiger partial charge in [-0.05, 0) is 30.3 Å². The van der Waals surface area contributed by atoms with Crippen LogP contribution in [0.2, 0.25) is 0 Å². The number of hydrogen-bond acceptors (Lipinski definition) is 5. The summed E-state index contributed by atoms with van der Waals surface area (Å²) in [7, 11) is 0. The molecule has 0 spiro atoms. The first kappa shape index (κ1) is 12.6. The van der Waals surface area contributed by atoms with E-state index in [0.717, 1.165) is 9.92 Å². The normalized spacial score (nSPS) is 10.2. The molecule has 0 fully saturated rings. The smallest absolute Gasteiger partial charge is 0.321 e. The Balaban J connectivity index is 1.85. The second-order valence-corrected chi connectivity index (χ2v) is 4.91. The highest BCUT2D eigenvalue weighted by molar-refractivity contribution is 7.99. The first-order valence-corrected chi connectivity index (χ1v) is 6.86. The molecule has 1 aromatic carbocycles. The van der Waals surface area contributed by atoms with Crippen LogP contribution in [0.3, 0.4) is 0 Å². The lowest BCUT2D eigenvalue weighted by Crippen LogP contribution is -1.91. The van der Waals surface area contributed by atoms with Crippen LogP contribution in [0.1, 0.15) is 0 Å².